The van der Waals surface area contributed by atoms with E-state index in [1.54, 1.807) is 19.0 Å². The maximum absolute atomic E-state index is 11.9. The first-order valence-corrected chi connectivity index (χ1v) is 11.2. The van der Waals surface area contributed by atoms with Crippen molar-refractivity contribution in [1.82, 2.24) is 15.5 Å². The Morgan fingerprint density at radius 2 is 1.76 bits per heavy atom. The van der Waals surface area contributed by atoms with Crippen molar-refractivity contribution in [2.24, 2.45) is 4.99 Å². The zero-order valence-corrected chi connectivity index (χ0v) is 18.1. The maximum Gasteiger partial charge on any atom is 0.243 e. The molecule has 29 heavy (non-hydrogen) atoms. The molecule has 3 aliphatic rings. The van der Waals surface area contributed by atoms with Gasteiger partial charge in [-0.05, 0) is 32.1 Å². The van der Waals surface area contributed by atoms with Crippen LogP contribution in [-0.4, -0.2) is 81.7 Å². The van der Waals surface area contributed by atoms with Gasteiger partial charge in [0.25, 0.3) is 0 Å². The standard InChI is InChI=1S/C21H38N4O4/c1-25(2)19(26)15-24-20(22-13-17-9-5-8-12-27-17)23-14-18-16-28-21(29-18)10-6-3-4-7-11-21/h17-18H,3-16H2,1-2H3,(H2,22,23,24). The number of likely N-dealkylation sites (N-methyl/N-ethyl adjacent to an activating group) is 1. The van der Waals surface area contributed by atoms with Gasteiger partial charge in [0, 0.05) is 46.6 Å². The number of aliphatic imine (C=N–C) groups is 1. The van der Waals surface area contributed by atoms with Crippen LogP contribution in [0.5, 0.6) is 0 Å². The Morgan fingerprint density at radius 1 is 1.03 bits per heavy atom. The van der Waals surface area contributed by atoms with E-state index in [2.05, 4.69) is 15.6 Å². The lowest BCUT2D eigenvalue weighted by atomic mass is 10.1. The summed E-state index contributed by atoms with van der Waals surface area (Å²) in [6, 6.07) is 0. The number of ether oxygens (including phenoxy) is 3. The molecule has 2 N–H and O–H groups in total. The smallest absolute Gasteiger partial charge is 0.243 e. The normalized spacial score (nSPS) is 27.4. The fraction of sp³-hybridized carbons (Fsp3) is 0.905. The molecule has 3 fully saturated rings. The van der Waals surface area contributed by atoms with Crippen LogP contribution in [0.4, 0.5) is 0 Å². The van der Waals surface area contributed by atoms with E-state index in [9.17, 15) is 4.79 Å². The zero-order valence-electron chi connectivity index (χ0n) is 18.1. The third kappa shape index (κ3) is 7.12. The predicted molar refractivity (Wildman–Crippen MR) is 112 cm³/mol. The van der Waals surface area contributed by atoms with Gasteiger partial charge in [-0.2, -0.15) is 0 Å². The molecule has 0 aromatic heterocycles. The minimum absolute atomic E-state index is 0.00409. The Bertz CT molecular complexity index is 541. The van der Waals surface area contributed by atoms with E-state index < -0.39 is 0 Å². The van der Waals surface area contributed by atoms with Gasteiger partial charge >= 0.3 is 0 Å². The van der Waals surface area contributed by atoms with Gasteiger partial charge in [0.15, 0.2) is 11.7 Å². The van der Waals surface area contributed by atoms with Gasteiger partial charge in [-0.15, -0.1) is 0 Å². The van der Waals surface area contributed by atoms with Crippen molar-refractivity contribution in [1.29, 1.82) is 0 Å². The summed E-state index contributed by atoms with van der Waals surface area (Å²) in [6.07, 6.45) is 10.4. The SMILES string of the molecule is CN(C)C(=O)CN=C(NCC1CCCCO1)NCC1COC2(CCCCCC2)O1. The molecule has 0 radical (unpaired) electrons. The molecule has 1 aliphatic carbocycles. The highest BCUT2D eigenvalue weighted by Crippen LogP contribution is 2.36. The maximum atomic E-state index is 11.9. The first-order chi connectivity index (χ1) is 14.1. The predicted octanol–water partition coefficient (Wildman–Crippen LogP) is 1.64. The van der Waals surface area contributed by atoms with E-state index in [1.807, 2.05) is 0 Å². The van der Waals surface area contributed by atoms with Gasteiger partial charge in [0.1, 0.15) is 12.6 Å². The van der Waals surface area contributed by atoms with Crippen LogP contribution < -0.4 is 10.6 Å². The number of guanidine groups is 1. The lowest BCUT2D eigenvalue weighted by molar-refractivity contribution is -0.175. The summed E-state index contributed by atoms with van der Waals surface area (Å²) in [7, 11) is 3.48. The Kier molecular flexibility index (Phi) is 8.56. The van der Waals surface area contributed by atoms with Gasteiger partial charge in [0.2, 0.25) is 5.91 Å². The zero-order chi connectivity index (χ0) is 20.5. The largest absolute Gasteiger partial charge is 0.376 e. The van der Waals surface area contributed by atoms with Gasteiger partial charge in [-0.1, -0.05) is 12.8 Å². The summed E-state index contributed by atoms with van der Waals surface area (Å²) in [5, 5.41) is 6.68. The van der Waals surface area contributed by atoms with Gasteiger partial charge in [-0.25, -0.2) is 4.99 Å². The molecule has 8 nitrogen and oxygen atoms in total. The molecular weight excluding hydrogens is 372 g/mol. The van der Waals surface area contributed by atoms with E-state index in [0.29, 0.717) is 25.7 Å². The Morgan fingerprint density at radius 3 is 2.41 bits per heavy atom. The first kappa shape index (κ1) is 22.3. The van der Waals surface area contributed by atoms with Crippen LogP contribution in [0.15, 0.2) is 4.99 Å². The number of carbonyl (C=O) groups is 1. The second kappa shape index (κ2) is 11.1. The van der Waals surface area contributed by atoms with Crippen molar-refractivity contribution in [2.75, 3.05) is 46.9 Å². The lowest BCUT2D eigenvalue weighted by Gasteiger charge is -2.27. The van der Waals surface area contributed by atoms with Crippen molar-refractivity contribution in [3.63, 3.8) is 0 Å². The number of amides is 1. The molecule has 3 rings (SSSR count). The molecule has 166 valence electrons. The van der Waals surface area contributed by atoms with Crippen molar-refractivity contribution in [2.45, 2.75) is 75.8 Å². The Labute approximate surface area is 174 Å². The molecule has 0 aromatic rings. The third-order valence-corrected chi connectivity index (χ3v) is 5.92. The van der Waals surface area contributed by atoms with Crippen LogP contribution in [0.3, 0.4) is 0 Å². The molecule has 0 aromatic carbocycles. The van der Waals surface area contributed by atoms with Crippen molar-refractivity contribution in [3.8, 4) is 0 Å². The van der Waals surface area contributed by atoms with Crippen LogP contribution in [0.2, 0.25) is 0 Å². The van der Waals surface area contributed by atoms with E-state index >= 15 is 0 Å². The molecular formula is C21H38N4O4. The van der Waals surface area contributed by atoms with Gasteiger partial charge in [-0.3, -0.25) is 4.79 Å². The molecule has 8 heteroatoms. The summed E-state index contributed by atoms with van der Waals surface area (Å²) in [4.78, 5) is 18.0. The average Bonchev–Trinajstić information content (AvgIpc) is 2.98. The topological polar surface area (TPSA) is 84.4 Å². The molecule has 1 amide bonds. The van der Waals surface area contributed by atoms with Crippen LogP contribution in [-0.2, 0) is 19.0 Å². The van der Waals surface area contributed by atoms with Crippen molar-refractivity contribution < 1.29 is 19.0 Å². The fourth-order valence-corrected chi connectivity index (χ4v) is 4.10. The van der Waals surface area contributed by atoms with E-state index in [1.165, 1.54) is 32.1 Å². The van der Waals surface area contributed by atoms with Crippen LogP contribution in [0.1, 0.15) is 57.8 Å². The Balaban J connectivity index is 1.50. The Hall–Kier alpha value is -1.38. The first-order valence-electron chi connectivity index (χ1n) is 11.2. The number of nitrogens with one attached hydrogen (secondary N) is 2. The number of nitrogens with zero attached hydrogens (tertiary/aromatic N) is 2. The van der Waals surface area contributed by atoms with Crippen molar-refractivity contribution >= 4 is 11.9 Å². The summed E-state index contributed by atoms with van der Waals surface area (Å²) >= 11 is 0. The fourth-order valence-electron chi connectivity index (χ4n) is 4.10. The van der Waals surface area contributed by atoms with Gasteiger partial charge in [0.05, 0.1) is 12.7 Å². The molecule has 2 saturated heterocycles. The number of rotatable bonds is 6. The summed E-state index contributed by atoms with van der Waals surface area (Å²) in [5.74, 6) is 0.211. The quantitative estimate of drug-likeness (QED) is 0.512. The second-order valence-corrected chi connectivity index (χ2v) is 8.58. The number of hydrogen-bond acceptors (Lipinski definition) is 5. The molecule has 1 saturated carbocycles. The third-order valence-electron chi connectivity index (χ3n) is 5.92. The summed E-state index contributed by atoms with van der Waals surface area (Å²) < 4.78 is 18.2. The van der Waals surface area contributed by atoms with Gasteiger partial charge < -0.3 is 29.7 Å². The summed E-state index contributed by atoms with van der Waals surface area (Å²) in [6.45, 7) is 2.83. The molecule has 2 aliphatic heterocycles. The monoisotopic (exact) mass is 410 g/mol. The van der Waals surface area contributed by atoms with Crippen LogP contribution in [0, 0.1) is 0 Å². The average molecular weight is 411 g/mol. The highest BCUT2D eigenvalue weighted by Gasteiger charge is 2.41. The number of hydrogen-bond donors (Lipinski definition) is 2. The second-order valence-electron chi connectivity index (χ2n) is 8.58. The van der Waals surface area contributed by atoms with E-state index in [-0.39, 0.29) is 30.4 Å². The molecule has 2 atom stereocenters. The van der Waals surface area contributed by atoms with Crippen LogP contribution >= 0.6 is 0 Å². The minimum atomic E-state index is -0.385. The molecule has 2 heterocycles. The molecule has 0 bridgehead atoms. The highest BCUT2D eigenvalue weighted by molar-refractivity contribution is 5.84. The van der Waals surface area contributed by atoms with Crippen molar-refractivity contribution in [3.05, 3.63) is 0 Å². The number of carbonyl (C=O) groups excluding carboxylic acids is 1. The lowest BCUT2D eigenvalue weighted by Crippen LogP contribution is -2.46. The molecule has 2 unspecified atom stereocenters. The van der Waals surface area contributed by atoms with E-state index in [4.69, 9.17) is 14.2 Å². The minimum Gasteiger partial charge on any atom is -0.376 e. The molecule has 1 spiro atoms. The van der Waals surface area contributed by atoms with Crippen LogP contribution in [0.25, 0.3) is 0 Å². The van der Waals surface area contributed by atoms with E-state index in [0.717, 1.165) is 32.3 Å². The highest BCUT2D eigenvalue weighted by atomic mass is 16.7. The summed E-state index contributed by atoms with van der Waals surface area (Å²) in [5.41, 5.74) is 0.